The summed E-state index contributed by atoms with van der Waals surface area (Å²) in [6.45, 7) is 5.40. The van der Waals surface area contributed by atoms with Crippen molar-refractivity contribution in [2.24, 2.45) is 0 Å². The van der Waals surface area contributed by atoms with Gasteiger partial charge in [0.2, 0.25) is 0 Å². The molecule has 0 saturated carbocycles. The third-order valence-corrected chi connectivity index (χ3v) is 5.95. The first-order chi connectivity index (χ1) is 15.0. The highest BCUT2D eigenvalue weighted by molar-refractivity contribution is 6.00. The van der Waals surface area contributed by atoms with Crippen molar-refractivity contribution in [3.63, 3.8) is 0 Å². The number of carbonyl (C=O) groups is 1. The van der Waals surface area contributed by atoms with Crippen molar-refractivity contribution < 1.29 is 14.5 Å². The number of non-ortho nitro benzene ring substituents is 1. The summed E-state index contributed by atoms with van der Waals surface area (Å²) in [5, 5.41) is 11.3. The summed E-state index contributed by atoms with van der Waals surface area (Å²) in [7, 11) is 1.74. The molecule has 2 fully saturated rings. The number of morpholine rings is 1. The topological polar surface area (TPSA) is 79.2 Å². The Labute approximate surface area is 182 Å². The van der Waals surface area contributed by atoms with Crippen LogP contribution in [0.5, 0.6) is 0 Å². The third-order valence-electron chi connectivity index (χ3n) is 5.95. The fourth-order valence-electron chi connectivity index (χ4n) is 4.23. The van der Waals surface area contributed by atoms with Gasteiger partial charge in [0.05, 0.1) is 29.4 Å². The van der Waals surface area contributed by atoms with Crippen molar-refractivity contribution in [2.75, 3.05) is 56.2 Å². The zero-order valence-corrected chi connectivity index (χ0v) is 17.8. The molecule has 2 aromatic carbocycles. The fraction of sp³-hybridized carbons (Fsp3) is 0.435. The lowest BCUT2D eigenvalue weighted by atomic mass is 10.1. The molecule has 8 nitrogen and oxygen atoms in total. The van der Waals surface area contributed by atoms with Gasteiger partial charge in [-0.3, -0.25) is 14.9 Å². The lowest BCUT2D eigenvalue weighted by Crippen LogP contribution is -2.36. The van der Waals surface area contributed by atoms with Gasteiger partial charge in [-0.2, -0.15) is 0 Å². The van der Waals surface area contributed by atoms with E-state index < -0.39 is 4.92 Å². The number of anilines is 2. The SMILES string of the molecule is CN(Cc1ccc(N2CCOCC2)cc1)C(=O)c1cc([N+](=O)[O-])ccc1N1CCCC1. The summed E-state index contributed by atoms with van der Waals surface area (Å²) in [6, 6.07) is 12.8. The van der Waals surface area contributed by atoms with Crippen LogP contribution in [0.2, 0.25) is 0 Å². The van der Waals surface area contributed by atoms with E-state index in [1.54, 1.807) is 18.0 Å². The molecule has 0 spiro atoms. The highest BCUT2D eigenvalue weighted by Crippen LogP contribution is 2.29. The quantitative estimate of drug-likeness (QED) is 0.523. The van der Waals surface area contributed by atoms with Crippen LogP contribution in [0.15, 0.2) is 42.5 Å². The van der Waals surface area contributed by atoms with Gasteiger partial charge in [0.25, 0.3) is 11.6 Å². The van der Waals surface area contributed by atoms with Crippen molar-refractivity contribution in [1.82, 2.24) is 4.90 Å². The van der Waals surface area contributed by atoms with Crippen molar-refractivity contribution in [3.05, 3.63) is 63.7 Å². The number of ether oxygens (including phenoxy) is 1. The first-order valence-corrected chi connectivity index (χ1v) is 10.7. The van der Waals surface area contributed by atoms with Crippen LogP contribution in [-0.2, 0) is 11.3 Å². The van der Waals surface area contributed by atoms with Gasteiger partial charge < -0.3 is 19.4 Å². The molecule has 4 rings (SSSR count). The first-order valence-electron chi connectivity index (χ1n) is 10.7. The second-order valence-electron chi connectivity index (χ2n) is 8.08. The number of amides is 1. The predicted octanol–water partition coefficient (Wildman–Crippen LogP) is 3.30. The van der Waals surface area contributed by atoms with Gasteiger partial charge in [-0.25, -0.2) is 0 Å². The molecule has 2 aromatic rings. The van der Waals surface area contributed by atoms with E-state index in [0.717, 1.165) is 69.2 Å². The van der Waals surface area contributed by atoms with E-state index in [4.69, 9.17) is 4.74 Å². The van der Waals surface area contributed by atoms with Crippen LogP contribution in [0.3, 0.4) is 0 Å². The maximum Gasteiger partial charge on any atom is 0.270 e. The van der Waals surface area contributed by atoms with Gasteiger partial charge in [0.15, 0.2) is 0 Å². The van der Waals surface area contributed by atoms with E-state index in [0.29, 0.717) is 12.1 Å². The minimum Gasteiger partial charge on any atom is -0.378 e. The summed E-state index contributed by atoms with van der Waals surface area (Å²) in [5.74, 6) is -0.206. The number of nitro benzene ring substituents is 1. The van der Waals surface area contributed by atoms with Crippen molar-refractivity contribution in [3.8, 4) is 0 Å². The largest absolute Gasteiger partial charge is 0.378 e. The van der Waals surface area contributed by atoms with E-state index in [1.165, 1.54) is 12.1 Å². The monoisotopic (exact) mass is 424 g/mol. The zero-order valence-electron chi connectivity index (χ0n) is 17.8. The molecule has 0 radical (unpaired) electrons. The normalized spacial score (nSPS) is 16.4. The summed E-state index contributed by atoms with van der Waals surface area (Å²) in [5.41, 5.74) is 3.28. The van der Waals surface area contributed by atoms with Crippen molar-refractivity contribution in [1.29, 1.82) is 0 Å². The Kier molecular flexibility index (Phi) is 6.36. The highest BCUT2D eigenvalue weighted by atomic mass is 16.6. The van der Waals surface area contributed by atoms with E-state index in [9.17, 15) is 14.9 Å². The van der Waals surface area contributed by atoms with Crippen LogP contribution >= 0.6 is 0 Å². The van der Waals surface area contributed by atoms with Gasteiger partial charge in [-0.1, -0.05) is 12.1 Å². The van der Waals surface area contributed by atoms with E-state index in [2.05, 4.69) is 21.9 Å². The Morgan fingerprint density at radius 2 is 1.71 bits per heavy atom. The molecule has 0 aromatic heterocycles. The number of rotatable bonds is 6. The second-order valence-corrected chi connectivity index (χ2v) is 8.08. The van der Waals surface area contributed by atoms with Crippen LogP contribution in [0, 0.1) is 10.1 Å². The average Bonchev–Trinajstić information content (AvgIpc) is 3.34. The van der Waals surface area contributed by atoms with Crippen LogP contribution in [0.4, 0.5) is 17.1 Å². The molecule has 31 heavy (non-hydrogen) atoms. The minimum absolute atomic E-state index is 0.0606. The molecule has 2 saturated heterocycles. The number of hydrogen-bond donors (Lipinski definition) is 0. The predicted molar refractivity (Wildman–Crippen MR) is 120 cm³/mol. The number of nitrogens with zero attached hydrogens (tertiary/aromatic N) is 4. The van der Waals surface area contributed by atoms with E-state index in [-0.39, 0.29) is 11.6 Å². The number of carbonyl (C=O) groups excluding carboxylic acids is 1. The lowest BCUT2D eigenvalue weighted by molar-refractivity contribution is -0.384. The molecule has 0 atom stereocenters. The Balaban J connectivity index is 1.50. The van der Waals surface area contributed by atoms with Crippen LogP contribution in [0.25, 0.3) is 0 Å². The lowest BCUT2D eigenvalue weighted by Gasteiger charge is -2.29. The number of nitro groups is 1. The molecule has 0 bridgehead atoms. The Bertz CT molecular complexity index is 935. The van der Waals surface area contributed by atoms with Crippen molar-refractivity contribution >= 4 is 23.0 Å². The molecular weight excluding hydrogens is 396 g/mol. The Morgan fingerprint density at radius 3 is 2.35 bits per heavy atom. The van der Waals surface area contributed by atoms with Crippen LogP contribution < -0.4 is 9.80 Å². The maximum absolute atomic E-state index is 13.3. The van der Waals surface area contributed by atoms with Gasteiger partial charge in [-0.05, 0) is 36.6 Å². The smallest absolute Gasteiger partial charge is 0.270 e. The van der Waals surface area contributed by atoms with Gasteiger partial charge in [-0.15, -0.1) is 0 Å². The first kappa shape index (κ1) is 21.1. The van der Waals surface area contributed by atoms with Gasteiger partial charge in [0, 0.05) is 57.6 Å². The molecule has 2 aliphatic heterocycles. The molecule has 0 unspecified atom stereocenters. The molecule has 0 N–H and O–H groups in total. The summed E-state index contributed by atoms with van der Waals surface area (Å²) in [6.07, 6.45) is 2.13. The molecular formula is C23H28N4O4. The maximum atomic E-state index is 13.3. The Hall–Kier alpha value is -3.13. The minimum atomic E-state index is -0.450. The molecule has 1 amide bonds. The molecule has 0 aliphatic carbocycles. The number of benzene rings is 2. The van der Waals surface area contributed by atoms with Gasteiger partial charge >= 0.3 is 0 Å². The fourth-order valence-corrected chi connectivity index (χ4v) is 4.23. The van der Waals surface area contributed by atoms with Crippen LogP contribution in [-0.4, -0.2) is 62.2 Å². The van der Waals surface area contributed by atoms with E-state index in [1.807, 2.05) is 12.1 Å². The molecule has 2 heterocycles. The molecule has 2 aliphatic rings. The zero-order chi connectivity index (χ0) is 21.8. The number of hydrogen-bond acceptors (Lipinski definition) is 6. The Morgan fingerprint density at radius 1 is 1.03 bits per heavy atom. The standard InChI is InChI=1S/C23H28N4O4/c1-24(17-18-4-6-19(7-5-18)25-12-14-31-15-13-25)23(28)21-16-20(27(29)30)8-9-22(21)26-10-2-3-11-26/h4-9,16H,2-3,10-15,17H2,1H3. The van der Waals surface area contributed by atoms with Gasteiger partial charge in [0.1, 0.15) is 0 Å². The summed E-state index contributed by atoms with van der Waals surface area (Å²) in [4.78, 5) is 30.2. The average molecular weight is 425 g/mol. The molecule has 8 heteroatoms. The van der Waals surface area contributed by atoms with Crippen LogP contribution in [0.1, 0.15) is 28.8 Å². The molecule has 164 valence electrons. The second kappa shape index (κ2) is 9.34. The van der Waals surface area contributed by atoms with E-state index >= 15 is 0 Å². The van der Waals surface area contributed by atoms with Crippen molar-refractivity contribution in [2.45, 2.75) is 19.4 Å². The summed E-state index contributed by atoms with van der Waals surface area (Å²) < 4.78 is 5.40. The highest BCUT2D eigenvalue weighted by Gasteiger charge is 2.24. The summed E-state index contributed by atoms with van der Waals surface area (Å²) >= 11 is 0. The third kappa shape index (κ3) is 4.80.